The Hall–Kier alpha value is -1.39. The van der Waals surface area contributed by atoms with Crippen LogP contribution in [-0.2, 0) is 9.53 Å². The predicted molar refractivity (Wildman–Crippen MR) is 70.2 cm³/mol. The minimum atomic E-state index is -0.0961. The molecule has 1 heterocycles. The van der Waals surface area contributed by atoms with Crippen molar-refractivity contribution in [1.29, 1.82) is 0 Å². The van der Waals surface area contributed by atoms with E-state index >= 15 is 0 Å². The predicted octanol–water partition coefficient (Wildman–Crippen LogP) is 1.10. The monoisotopic (exact) mass is 248 g/mol. The lowest BCUT2D eigenvalue weighted by molar-refractivity contribution is -0.126. The van der Waals surface area contributed by atoms with Crippen LogP contribution >= 0.6 is 0 Å². The normalized spacial score (nSPS) is 24.8. The lowest BCUT2D eigenvalue weighted by Crippen LogP contribution is -2.43. The topological polar surface area (TPSA) is 50.4 Å². The Labute approximate surface area is 108 Å². The van der Waals surface area contributed by atoms with Gasteiger partial charge in [0.05, 0.1) is 25.2 Å². The van der Waals surface area contributed by atoms with Crippen LogP contribution in [0.15, 0.2) is 30.3 Å². The molecule has 1 aliphatic rings. The van der Waals surface area contributed by atoms with Gasteiger partial charge in [0.25, 0.3) is 0 Å². The molecule has 0 spiro atoms. The first-order chi connectivity index (χ1) is 8.72. The standard InChI is InChI=1S/C14H20N2O2/c1-10(11-6-4-3-5-7-11)16-14(17)12-8-18-9-13(12)15-2/h3-7,10,12-13,15H,8-9H2,1-2H3,(H,16,17)/t10-,12?,13?/m1/s1. The second kappa shape index (κ2) is 5.98. The summed E-state index contributed by atoms with van der Waals surface area (Å²) < 4.78 is 5.35. The van der Waals surface area contributed by atoms with Crippen LogP contribution in [0.1, 0.15) is 18.5 Å². The van der Waals surface area contributed by atoms with Crippen LogP contribution in [-0.4, -0.2) is 32.2 Å². The number of carbonyl (C=O) groups excluding carboxylic acids is 1. The lowest BCUT2D eigenvalue weighted by Gasteiger charge is -2.20. The Kier molecular flexibility index (Phi) is 4.33. The molecule has 0 radical (unpaired) electrons. The molecule has 2 rings (SSSR count). The average Bonchev–Trinajstić information content (AvgIpc) is 2.88. The van der Waals surface area contributed by atoms with E-state index in [-0.39, 0.29) is 23.9 Å². The molecule has 1 aromatic carbocycles. The smallest absolute Gasteiger partial charge is 0.227 e. The van der Waals surface area contributed by atoms with Gasteiger partial charge < -0.3 is 15.4 Å². The zero-order valence-corrected chi connectivity index (χ0v) is 10.8. The van der Waals surface area contributed by atoms with Crippen LogP contribution in [0.2, 0.25) is 0 Å². The molecule has 1 aromatic rings. The molecule has 1 fully saturated rings. The first kappa shape index (κ1) is 13.1. The SMILES string of the molecule is CNC1COCC1C(=O)N[C@H](C)c1ccccc1. The van der Waals surface area contributed by atoms with E-state index in [0.717, 1.165) is 5.56 Å². The summed E-state index contributed by atoms with van der Waals surface area (Å²) >= 11 is 0. The van der Waals surface area contributed by atoms with Crippen molar-refractivity contribution in [3.05, 3.63) is 35.9 Å². The fourth-order valence-corrected chi connectivity index (χ4v) is 2.24. The summed E-state index contributed by atoms with van der Waals surface area (Å²) in [5.41, 5.74) is 1.12. The fourth-order valence-electron chi connectivity index (χ4n) is 2.24. The second-order valence-corrected chi connectivity index (χ2v) is 4.68. The molecule has 2 unspecified atom stereocenters. The molecule has 4 heteroatoms. The Bertz CT molecular complexity index is 394. The van der Waals surface area contributed by atoms with Gasteiger partial charge in [-0.3, -0.25) is 4.79 Å². The summed E-state index contributed by atoms with van der Waals surface area (Å²) in [7, 11) is 1.86. The van der Waals surface area contributed by atoms with E-state index in [0.29, 0.717) is 13.2 Å². The van der Waals surface area contributed by atoms with Crippen LogP contribution in [0.25, 0.3) is 0 Å². The molecule has 18 heavy (non-hydrogen) atoms. The van der Waals surface area contributed by atoms with Gasteiger partial charge in [0.15, 0.2) is 0 Å². The van der Waals surface area contributed by atoms with Gasteiger partial charge in [-0.15, -0.1) is 0 Å². The number of rotatable bonds is 4. The highest BCUT2D eigenvalue weighted by Gasteiger charge is 2.33. The maximum atomic E-state index is 12.2. The largest absolute Gasteiger partial charge is 0.379 e. The number of hydrogen-bond acceptors (Lipinski definition) is 3. The van der Waals surface area contributed by atoms with Gasteiger partial charge in [-0.05, 0) is 19.5 Å². The second-order valence-electron chi connectivity index (χ2n) is 4.68. The zero-order valence-electron chi connectivity index (χ0n) is 10.8. The molecule has 2 N–H and O–H groups in total. The van der Waals surface area contributed by atoms with Gasteiger partial charge in [-0.1, -0.05) is 30.3 Å². The lowest BCUT2D eigenvalue weighted by atomic mass is 10.0. The summed E-state index contributed by atoms with van der Waals surface area (Å²) in [6.07, 6.45) is 0. The maximum Gasteiger partial charge on any atom is 0.227 e. The van der Waals surface area contributed by atoms with E-state index in [1.807, 2.05) is 44.3 Å². The van der Waals surface area contributed by atoms with Gasteiger partial charge in [0.2, 0.25) is 5.91 Å². The van der Waals surface area contributed by atoms with Gasteiger partial charge in [-0.25, -0.2) is 0 Å². The van der Waals surface area contributed by atoms with Gasteiger partial charge in [-0.2, -0.15) is 0 Å². The number of carbonyl (C=O) groups is 1. The van der Waals surface area contributed by atoms with E-state index in [9.17, 15) is 4.79 Å². The molecule has 0 aromatic heterocycles. The van der Waals surface area contributed by atoms with E-state index in [2.05, 4.69) is 10.6 Å². The fraction of sp³-hybridized carbons (Fsp3) is 0.500. The van der Waals surface area contributed by atoms with Crippen molar-refractivity contribution in [2.24, 2.45) is 5.92 Å². The Morgan fingerprint density at radius 1 is 1.33 bits per heavy atom. The van der Waals surface area contributed by atoms with Crippen LogP contribution < -0.4 is 10.6 Å². The minimum Gasteiger partial charge on any atom is -0.379 e. The number of likely N-dealkylation sites (N-methyl/N-ethyl adjacent to an activating group) is 1. The van der Waals surface area contributed by atoms with Gasteiger partial charge in [0.1, 0.15) is 0 Å². The van der Waals surface area contributed by atoms with E-state index in [1.165, 1.54) is 0 Å². The first-order valence-corrected chi connectivity index (χ1v) is 6.32. The highest BCUT2D eigenvalue weighted by Crippen LogP contribution is 2.17. The molecule has 4 nitrogen and oxygen atoms in total. The van der Waals surface area contributed by atoms with E-state index < -0.39 is 0 Å². The zero-order chi connectivity index (χ0) is 13.0. The van der Waals surface area contributed by atoms with Crippen molar-refractivity contribution in [2.75, 3.05) is 20.3 Å². The number of amides is 1. The van der Waals surface area contributed by atoms with Crippen molar-refractivity contribution in [1.82, 2.24) is 10.6 Å². The molecule has 98 valence electrons. The molecule has 3 atom stereocenters. The minimum absolute atomic E-state index is 0.0248. The molecular formula is C14H20N2O2. The summed E-state index contributed by atoms with van der Waals surface area (Å²) in [4.78, 5) is 12.2. The van der Waals surface area contributed by atoms with E-state index in [4.69, 9.17) is 4.74 Å². The van der Waals surface area contributed by atoms with Gasteiger partial charge >= 0.3 is 0 Å². The Morgan fingerprint density at radius 3 is 2.72 bits per heavy atom. The summed E-state index contributed by atoms with van der Waals surface area (Å²) in [5.74, 6) is -0.0376. The number of ether oxygens (including phenoxy) is 1. The molecular weight excluding hydrogens is 228 g/mol. The quantitative estimate of drug-likeness (QED) is 0.839. The summed E-state index contributed by atoms with van der Waals surface area (Å²) in [6, 6.07) is 10.1. The average molecular weight is 248 g/mol. The summed E-state index contributed by atoms with van der Waals surface area (Å²) in [5, 5.41) is 6.17. The van der Waals surface area contributed by atoms with Crippen molar-refractivity contribution in [3.8, 4) is 0 Å². The molecule has 0 bridgehead atoms. The first-order valence-electron chi connectivity index (χ1n) is 6.32. The van der Waals surface area contributed by atoms with Crippen LogP contribution in [0, 0.1) is 5.92 Å². The van der Waals surface area contributed by atoms with Crippen LogP contribution in [0.5, 0.6) is 0 Å². The van der Waals surface area contributed by atoms with E-state index in [1.54, 1.807) is 0 Å². The third kappa shape index (κ3) is 2.89. The Balaban J connectivity index is 1.95. The highest BCUT2D eigenvalue weighted by atomic mass is 16.5. The molecule has 1 aliphatic heterocycles. The molecule has 1 amide bonds. The number of benzene rings is 1. The van der Waals surface area contributed by atoms with Crippen molar-refractivity contribution in [2.45, 2.75) is 19.0 Å². The number of hydrogen-bond donors (Lipinski definition) is 2. The third-order valence-corrected chi connectivity index (χ3v) is 3.45. The van der Waals surface area contributed by atoms with Crippen molar-refractivity contribution >= 4 is 5.91 Å². The third-order valence-electron chi connectivity index (χ3n) is 3.45. The van der Waals surface area contributed by atoms with Gasteiger partial charge in [0, 0.05) is 6.04 Å². The van der Waals surface area contributed by atoms with Crippen LogP contribution in [0.4, 0.5) is 0 Å². The number of nitrogens with one attached hydrogen (secondary N) is 2. The molecule has 1 saturated heterocycles. The van der Waals surface area contributed by atoms with Crippen molar-refractivity contribution in [3.63, 3.8) is 0 Å². The van der Waals surface area contributed by atoms with Crippen molar-refractivity contribution < 1.29 is 9.53 Å². The summed E-state index contributed by atoms with van der Waals surface area (Å²) in [6.45, 7) is 3.10. The highest BCUT2D eigenvalue weighted by molar-refractivity contribution is 5.80. The van der Waals surface area contributed by atoms with Crippen LogP contribution in [0.3, 0.4) is 0 Å². The Morgan fingerprint density at radius 2 is 2.06 bits per heavy atom. The molecule has 0 aliphatic carbocycles. The maximum absolute atomic E-state index is 12.2. The molecule has 0 saturated carbocycles.